The Morgan fingerprint density at radius 1 is 1.44 bits per heavy atom. The lowest BCUT2D eigenvalue weighted by Gasteiger charge is -2.09. The van der Waals surface area contributed by atoms with E-state index in [0.717, 1.165) is 36.3 Å². The number of aromatic nitrogens is 3. The van der Waals surface area contributed by atoms with Gasteiger partial charge in [-0.25, -0.2) is 9.97 Å². The van der Waals surface area contributed by atoms with Crippen LogP contribution in [0.25, 0.3) is 11.2 Å². The van der Waals surface area contributed by atoms with Crippen LogP contribution in [0.3, 0.4) is 0 Å². The summed E-state index contributed by atoms with van der Waals surface area (Å²) in [5.74, 6) is 1.65. The predicted molar refractivity (Wildman–Crippen MR) is 63.1 cm³/mol. The number of imidazole rings is 1. The van der Waals surface area contributed by atoms with Crippen LogP contribution >= 0.6 is 0 Å². The molecule has 2 heterocycles. The molecule has 0 unspecified atom stereocenters. The molecule has 2 atom stereocenters. The summed E-state index contributed by atoms with van der Waals surface area (Å²) >= 11 is 0. The van der Waals surface area contributed by atoms with E-state index in [1.807, 2.05) is 6.07 Å². The third-order valence-electron chi connectivity index (χ3n) is 3.53. The fourth-order valence-electron chi connectivity index (χ4n) is 2.66. The largest absolute Gasteiger partial charge is 0.330 e. The molecule has 1 saturated carbocycles. The molecule has 4 nitrogen and oxygen atoms in total. The van der Waals surface area contributed by atoms with E-state index in [1.165, 1.54) is 0 Å². The van der Waals surface area contributed by atoms with E-state index >= 15 is 0 Å². The SMILES string of the molecule is Cn1c([C@@H]2CC[C@H](N)C2)nc2ncccc21. The molecular formula is C12H16N4. The molecule has 0 amide bonds. The Hall–Kier alpha value is -1.42. The van der Waals surface area contributed by atoms with Gasteiger partial charge in [-0.05, 0) is 31.4 Å². The van der Waals surface area contributed by atoms with Crippen molar-refractivity contribution in [3.05, 3.63) is 24.2 Å². The van der Waals surface area contributed by atoms with E-state index in [-0.39, 0.29) is 0 Å². The zero-order valence-electron chi connectivity index (χ0n) is 9.43. The first-order valence-corrected chi connectivity index (χ1v) is 5.78. The standard InChI is InChI=1S/C12H16N4/c1-16-10-3-2-6-14-11(10)15-12(16)8-4-5-9(13)7-8/h2-3,6,8-9H,4-5,7,13H2,1H3/t8-,9+/m1/s1. The second kappa shape index (κ2) is 3.56. The van der Waals surface area contributed by atoms with Gasteiger partial charge in [0.2, 0.25) is 0 Å². The van der Waals surface area contributed by atoms with Crippen molar-refractivity contribution >= 4 is 11.2 Å². The lowest BCUT2D eigenvalue weighted by atomic mass is 10.1. The van der Waals surface area contributed by atoms with Gasteiger partial charge < -0.3 is 10.3 Å². The minimum absolute atomic E-state index is 0.345. The third-order valence-corrected chi connectivity index (χ3v) is 3.53. The molecule has 0 radical (unpaired) electrons. The van der Waals surface area contributed by atoms with E-state index < -0.39 is 0 Å². The number of rotatable bonds is 1. The molecule has 2 aromatic rings. The Labute approximate surface area is 94.5 Å². The van der Waals surface area contributed by atoms with Crippen LogP contribution in [0.2, 0.25) is 0 Å². The maximum Gasteiger partial charge on any atom is 0.177 e. The maximum atomic E-state index is 5.95. The number of pyridine rings is 1. The fourth-order valence-corrected chi connectivity index (χ4v) is 2.66. The number of nitrogens with zero attached hydrogens (tertiary/aromatic N) is 3. The molecule has 2 N–H and O–H groups in total. The van der Waals surface area contributed by atoms with Crippen LogP contribution in [0.15, 0.2) is 18.3 Å². The summed E-state index contributed by atoms with van der Waals surface area (Å²) in [6, 6.07) is 4.36. The Balaban J connectivity index is 2.07. The predicted octanol–water partition coefficient (Wildman–Crippen LogP) is 1.56. The summed E-state index contributed by atoms with van der Waals surface area (Å²) in [5, 5.41) is 0. The van der Waals surface area contributed by atoms with Gasteiger partial charge >= 0.3 is 0 Å². The first-order chi connectivity index (χ1) is 7.75. The number of aryl methyl sites for hydroxylation is 1. The van der Waals surface area contributed by atoms with Crippen molar-refractivity contribution in [3.63, 3.8) is 0 Å². The van der Waals surface area contributed by atoms with Crippen molar-refractivity contribution in [1.29, 1.82) is 0 Å². The van der Waals surface area contributed by atoms with E-state index in [9.17, 15) is 0 Å². The molecule has 1 fully saturated rings. The van der Waals surface area contributed by atoms with Crippen molar-refractivity contribution in [3.8, 4) is 0 Å². The highest BCUT2D eigenvalue weighted by Gasteiger charge is 2.27. The van der Waals surface area contributed by atoms with Gasteiger partial charge in [-0.3, -0.25) is 0 Å². The van der Waals surface area contributed by atoms with Crippen molar-refractivity contribution in [1.82, 2.24) is 14.5 Å². The Kier molecular flexibility index (Phi) is 2.17. The van der Waals surface area contributed by atoms with Crippen LogP contribution in [0.4, 0.5) is 0 Å². The zero-order valence-corrected chi connectivity index (χ0v) is 9.43. The molecule has 0 aliphatic heterocycles. The van der Waals surface area contributed by atoms with Crippen LogP contribution in [-0.2, 0) is 7.05 Å². The second-order valence-electron chi connectivity index (χ2n) is 4.65. The molecule has 1 aliphatic carbocycles. The van der Waals surface area contributed by atoms with Gasteiger partial charge in [0.15, 0.2) is 5.65 Å². The van der Waals surface area contributed by atoms with Crippen LogP contribution in [0, 0.1) is 0 Å². The zero-order chi connectivity index (χ0) is 11.1. The van der Waals surface area contributed by atoms with Gasteiger partial charge in [-0.15, -0.1) is 0 Å². The van der Waals surface area contributed by atoms with Crippen molar-refractivity contribution in [2.75, 3.05) is 0 Å². The minimum Gasteiger partial charge on any atom is -0.330 e. The van der Waals surface area contributed by atoms with Gasteiger partial charge in [0.1, 0.15) is 5.82 Å². The molecule has 3 rings (SSSR count). The highest BCUT2D eigenvalue weighted by molar-refractivity contribution is 5.71. The summed E-state index contributed by atoms with van der Waals surface area (Å²) in [6.07, 6.45) is 5.11. The van der Waals surface area contributed by atoms with E-state index in [4.69, 9.17) is 5.73 Å². The van der Waals surface area contributed by atoms with Crippen LogP contribution in [-0.4, -0.2) is 20.6 Å². The Bertz CT molecular complexity index is 517. The van der Waals surface area contributed by atoms with Gasteiger partial charge in [0.05, 0.1) is 5.52 Å². The van der Waals surface area contributed by atoms with E-state index in [0.29, 0.717) is 12.0 Å². The molecule has 1 aliphatic rings. The van der Waals surface area contributed by atoms with Crippen LogP contribution < -0.4 is 5.73 Å². The van der Waals surface area contributed by atoms with E-state index in [1.54, 1.807) is 6.20 Å². The summed E-state index contributed by atoms with van der Waals surface area (Å²) in [5.41, 5.74) is 7.91. The topological polar surface area (TPSA) is 56.7 Å². The van der Waals surface area contributed by atoms with E-state index in [2.05, 4.69) is 27.6 Å². The summed E-state index contributed by atoms with van der Waals surface area (Å²) < 4.78 is 2.16. The van der Waals surface area contributed by atoms with Crippen molar-refractivity contribution in [2.45, 2.75) is 31.2 Å². The van der Waals surface area contributed by atoms with Crippen LogP contribution in [0.5, 0.6) is 0 Å². The fraction of sp³-hybridized carbons (Fsp3) is 0.500. The van der Waals surface area contributed by atoms with Gasteiger partial charge in [0, 0.05) is 25.2 Å². The number of hydrogen-bond donors (Lipinski definition) is 1. The molecule has 0 saturated heterocycles. The third kappa shape index (κ3) is 1.41. The van der Waals surface area contributed by atoms with Gasteiger partial charge in [-0.2, -0.15) is 0 Å². The quantitative estimate of drug-likeness (QED) is 0.787. The number of hydrogen-bond acceptors (Lipinski definition) is 3. The Morgan fingerprint density at radius 2 is 2.31 bits per heavy atom. The van der Waals surface area contributed by atoms with Crippen LogP contribution in [0.1, 0.15) is 31.0 Å². The van der Waals surface area contributed by atoms with Crippen molar-refractivity contribution in [2.24, 2.45) is 12.8 Å². The Morgan fingerprint density at radius 3 is 3.00 bits per heavy atom. The molecule has 84 valence electrons. The minimum atomic E-state index is 0.345. The molecule has 16 heavy (non-hydrogen) atoms. The lowest BCUT2D eigenvalue weighted by Crippen LogP contribution is -2.15. The molecule has 2 aromatic heterocycles. The maximum absolute atomic E-state index is 5.95. The molecule has 0 bridgehead atoms. The summed E-state index contributed by atoms with van der Waals surface area (Å²) in [6.45, 7) is 0. The highest BCUT2D eigenvalue weighted by Crippen LogP contribution is 2.33. The molecule has 4 heteroatoms. The normalized spacial score (nSPS) is 25.4. The molecule has 0 aromatic carbocycles. The number of nitrogens with two attached hydrogens (primary N) is 1. The highest BCUT2D eigenvalue weighted by atomic mass is 15.1. The summed E-state index contributed by atoms with van der Waals surface area (Å²) in [4.78, 5) is 8.91. The molecular weight excluding hydrogens is 200 g/mol. The van der Waals surface area contributed by atoms with Crippen molar-refractivity contribution < 1.29 is 0 Å². The smallest absolute Gasteiger partial charge is 0.177 e. The monoisotopic (exact) mass is 216 g/mol. The van der Waals surface area contributed by atoms with Gasteiger partial charge in [0.25, 0.3) is 0 Å². The van der Waals surface area contributed by atoms with Gasteiger partial charge in [-0.1, -0.05) is 0 Å². The first kappa shape index (κ1) is 9.78. The average Bonchev–Trinajstić information content (AvgIpc) is 2.84. The summed E-state index contributed by atoms with van der Waals surface area (Å²) in [7, 11) is 2.07. The average molecular weight is 216 g/mol. The first-order valence-electron chi connectivity index (χ1n) is 5.78. The second-order valence-corrected chi connectivity index (χ2v) is 4.65. The lowest BCUT2D eigenvalue weighted by molar-refractivity contribution is 0.621. The molecule has 0 spiro atoms. The number of fused-ring (bicyclic) bond motifs is 1.